The molecule has 1 amide bonds. The molecule has 7 heteroatoms. The minimum atomic E-state index is -0.338. The van der Waals surface area contributed by atoms with Gasteiger partial charge >= 0.3 is 0 Å². The van der Waals surface area contributed by atoms with E-state index in [1.54, 1.807) is 6.07 Å². The van der Waals surface area contributed by atoms with Gasteiger partial charge in [0.25, 0.3) is 0 Å². The molecule has 24 heavy (non-hydrogen) atoms. The maximum atomic E-state index is 13.2. The minimum Gasteiger partial charge on any atom is -0.346 e. The van der Waals surface area contributed by atoms with Crippen LogP contribution in [0.5, 0.6) is 0 Å². The number of nitrogens with one attached hydrogen (secondary N) is 1. The highest BCUT2D eigenvalue weighted by Crippen LogP contribution is 2.33. The monoisotopic (exact) mass is 345 g/mol. The average Bonchev–Trinajstić information content (AvgIpc) is 2.90. The molecule has 1 fully saturated rings. The maximum absolute atomic E-state index is 13.2. The van der Waals surface area contributed by atoms with Crippen LogP contribution in [0.2, 0.25) is 0 Å². The van der Waals surface area contributed by atoms with Crippen molar-refractivity contribution in [2.45, 2.75) is 0 Å². The number of halogens is 2. The fourth-order valence-corrected chi connectivity index (χ4v) is 3.61. The third-order valence-corrected chi connectivity index (χ3v) is 5.05. The van der Waals surface area contributed by atoms with Crippen molar-refractivity contribution in [3.8, 4) is 0 Å². The molecule has 0 atom stereocenters. The topological polar surface area (TPSA) is 45.2 Å². The number of anilines is 2. The standard InChI is InChI=1S/C17H13F2N3OS/c18-11-1-4-13(5-2-11)20-16(23)10-8-22(9-10)17-21-14-6-3-12(19)7-15(14)24-17/h1-7,10H,8-9H2,(H,20,23). The zero-order valence-electron chi connectivity index (χ0n) is 12.5. The summed E-state index contributed by atoms with van der Waals surface area (Å²) < 4.78 is 26.9. The molecule has 4 rings (SSSR count). The van der Waals surface area contributed by atoms with E-state index in [0.717, 1.165) is 15.3 Å². The second-order valence-electron chi connectivity index (χ2n) is 5.71. The van der Waals surface area contributed by atoms with Crippen molar-refractivity contribution in [3.05, 3.63) is 54.1 Å². The van der Waals surface area contributed by atoms with E-state index in [1.807, 2.05) is 4.90 Å². The highest BCUT2D eigenvalue weighted by Gasteiger charge is 2.34. The van der Waals surface area contributed by atoms with E-state index in [4.69, 9.17) is 0 Å². The van der Waals surface area contributed by atoms with Crippen molar-refractivity contribution < 1.29 is 13.6 Å². The van der Waals surface area contributed by atoms with E-state index >= 15 is 0 Å². The van der Waals surface area contributed by atoms with Crippen molar-refractivity contribution in [3.63, 3.8) is 0 Å². The van der Waals surface area contributed by atoms with Crippen molar-refractivity contribution >= 4 is 38.3 Å². The molecule has 122 valence electrons. The summed E-state index contributed by atoms with van der Waals surface area (Å²) >= 11 is 1.42. The number of amides is 1. The van der Waals surface area contributed by atoms with E-state index in [9.17, 15) is 13.6 Å². The van der Waals surface area contributed by atoms with E-state index in [-0.39, 0.29) is 23.5 Å². The van der Waals surface area contributed by atoms with Gasteiger partial charge in [0, 0.05) is 18.8 Å². The zero-order valence-corrected chi connectivity index (χ0v) is 13.3. The van der Waals surface area contributed by atoms with Crippen LogP contribution >= 0.6 is 11.3 Å². The van der Waals surface area contributed by atoms with Gasteiger partial charge in [-0.3, -0.25) is 4.79 Å². The number of hydrogen-bond acceptors (Lipinski definition) is 4. The summed E-state index contributed by atoms with van der Waals surface area (Å²) in [4.78, 5) is 18.6. The van der Waals surface area contributed by atoms with E-state index in [0.29, 0.717) is 18.8 Å². The molecule has 1 aromatic heterocycles. The largest absolute Gasteiger partial charge is 0.346 e. The van der Waals surface area contributed by atoms with Gasteiger partial charge in [0.2, 0.25) is 5.91 Å². The SMILES string of the molecule is O=C(Nc1ccc(F)cc1)C1CN(c2nc3ccc(F)cc3s2)C1. The summed E-state index contributed by atoms with van der Waals surface area (Å²) in [5.74, 6) is -0.850. The summed E-state index contributed by atoms with van der Waals surface area (Å²) in [6, 6.07) is 10.2. The van der Waals surface area contributed by atoms with Crippen molar-refractivity contribution in [2.75, 3.05) is 23.3 Å². The summed E-state index contributed by atoms with van der Waals surface area (Å²) in [5, 5.41) is 3.57. The maximum Gasteiger partial charge on any atom is 0.231 e. The molecular weight excluding hydrogens is 332 g/mol. The first-order valence-electron chi connectivity index (χ1n) is 7.46. The van der Waals surface area contributed by atoms with Gasteiger partial charge in [-0.15, -0.1) is 0 Å². The Kier molecular flexibility index (Phi) is 3.65. The Balaban J connectivity index is 1.39. The van der Waals surface area contributed by atoms with Crippen molar-refractivity contribution in [1.29, 1.82) is 0 Å². The number of thiazole rings is 1. The lowest BCUT2D eigenvalue weighted by Crippen LogP contribution is -2.52. The molecular formula is C17H13F2N3OS. The molecule has 1 N–H and O–H groups in total. The van der Waals surface area contributed by atoms with Gasteiger partial charge in [-0.1, -0.05) is 11.3 Å². The lowest BCUT2D eigenvalue weighted by Gasteiger charge is -2.37. The predicted molar refractivity (Wildman–Crippen MR) is 90.3 cm³/mol. The highest BCUT2D eigenvalue weighted by atomic mass is 32.1. The summed E-state index contributed by atoms with van der Waals surface area (Å²) in [6.07, 6.45) is 0. The molecule has 1 saturated heterocycles. The molecule has 1 aliphatic rings. The van der Waals surface area contributed by atoms with Gasteiger partial charge in [-0.05, 0) is 42.5 Å². The van der Waals surface area contributed by atoms with E-state index in [1.165, 1.54) is 47.7 Å². The molecule has 0 aliphatic carbocycles. The Hall–Kier alpha value is -2.54. The van der Waals surface area contributed by atoms with Gasteiger partial charge in [-0.2, -0.15) is 0 Å². The summed E-state index contributed by atoms with van der Waals surface area (Å²) in [5.41, 5.74) is 1.34. The van der Waals surface area contributed by atoms with Crippen molar-refractivity contribution in [2.24, 2.45) is 5.92 Å². The van der Waals surface area contributed by atoms with Crippen LogP contribution in [-0.4, -0.2) is 24.0 Å². The fraction of sp³-hybridized carbons (Fsp3) is 0.176. The Morgan fingerprint density at radius 2 is 1.83 bits per heavy atom. The second-order valence-corrected chi connectivity index (χ2v) is 6.72. The number of rotatable bonds is 3. The van der Waals surface area contributed by atoms with Gasteiger partial charge in [0.05, 0.1) is 16.1 Å². The van der Waals surface area contributed by atoms with E-state index < -0.39 is 0 Å². The number of hydrogen-bond donors (Lipinski definition) is 1. The molecule has 2 heterocycles. The number of carbonyl (C=O) groups excluding carboxylic acids is 1. The first-order chi connectivity index (χ1) is 11.6. The Labute approximate surface area is 140 Å². The average molecular weight is 345 g/mol. The predicted octanol–water partition coefficient (Wildman–Crippen LogP) is 3.65. The van der Waals surface area contributed by atoms with Crippen LogP contribution in [0.15, 0.2) is 42.5 Å². The quantitative estimate of drug-likeness (QED) is 0.788. The zero-order chi connectivity index (χ0) is 16.7. The molecule has 0 radical (unpaired) electrons. The molecule has 2 aromatic carbocycles. The molecule has 0 bridgehead atoms. The Bertz CT molecular complexity index is 904. The van der Waals surface area contributed by atoms with Crippen LogP contribution in [0.1, 0.15) is 0 Å². The summed E-state index contributed by atoms with van der Waals surface area (Å²) in [7, 11) is 0. The van der Waals surface area contributed by atoms with Gasteiger partial charge < -0.3 is 10.2 Å². The smallest absolute Gasteiger partial charge is 0.231 e. The van der Waals surface area contributed by atoms with Crippen molar-refractivity contribution in [1.82, 2.24) is 4.98 Å². The molecule has 4 nitrogen and oxygen atoms in total. The molecule has 3 aromatic rings. The van der Waals surface area contributed by atoms with Crippen LogP contribution in [0.25, 0.3) is 10.2 Å². The first-order valence-corrected chi connectivity index (χ1v) is 8.27. The Morgan fingerprint density at radius 3 is 2.58 bits per heavy atom. The molecule has 1 aliphatic heterocycles. The first kappa shape index (κ1) is 15.0. The van der Waals surface area contributed by atoms with Crippen LogP contribution in [-0.2, 0) is 4.79 Å². The molecule has 0 saturated carbocycles. The van der Waals surface area contributed by atoms with Gasteiger partial charge in [-0.25, -0.2) is 13.8 Å². The summed E-state index contributed by atoms with van der Waals surface area (Å²) in [6.45, 7) is 1.13. The highest BCUT2D eigenvalue weighted by molar-refractivity contribution is 7.22. The number of fused-ring (bicyclic) bond motifs is 1. The van der Waals surface area contributed by atoms with E-state index in [2.05, 4.69) is 10.3 Å². The normalized spacial score (nSPS) is 14.7. The molecule has 0 unspecified atom stereocenters. The third kappa shape index (κ3) is 2.82. The second kappa shape index (κ2) is 5.83. The number of benzene rings is 2. The fourth-order valence-electron chi connectivity index (χ4n) is 2.60. The number of nitrogens with zero attached hydrogens (tertiary/aromatic N) is 2. The van der Waals surface area contributed by atoms with Crippen LogP contribution in [0.3, 0.4) is 0 Å². The minimum absolute atomic E-state index is 0.0926. The number of carbonyl (C=O) groups is 1. The lowest BCUT2D eigenvalue weighted by atomic mass is 10.00. The van der Waals surface area contributed by atoms with Crippen LogP contribution in [0.4, 0.5) is 19.6 Å². The van der Waals surface area contributed by atoms with Gasteiger partial charge in [0.15, 0.2) is 5.13 Å². The van der Waals surface area contributed by atoms with Crippen LogP contribution < -0.4 is 10.2 Å². The number of aromatic nitrogens is 1. The van der Waals surface area contributed by atoms with Crippen LogP contribution in [0, 0.1) is 17.6 Å². The molecule has 0 spiro atoms. The third-order valence-electron chi connectivity index (χ3n) is 3.97. The van der Waals surface area contributed by atoms with Gasteiger partial charge in [0.1, 0.15) is 11.6 Å². The lowest BCUT2D eigenvalue weighted by molar-refractivity contribution is -0.120. The Morgan fingerprint density at radius 1 is 1.12 bits per heavy atom.